The first-order chi connectivity index (χ1) is 10.2. The molecule has 3 nitrogen and oxygen atoms in total. The van der Waals surface area contributed by atoms with Gasteiger partial charge >= 0.3 is 0 Å². The number of nitrogens with zero attached hydrogens (tertiary/aromatic N) is 1. The summed E-state index contributed by atoms with van der Waals surface area (Å²) in [6.45, 7) is 4.15. The van der Waals surface area contributed by atoms with Crippen LogP contribution in [0.4, 0.5) is 0 Å². The van der Waals surface area contributed by atoms with Crippen LogP contribution in [0, 0.1) is 6.92 Å². The van der Waals surface area contributed by atoms with Crippen LogP contribution < -0.4 is 5.73 Å². The van der Waals surface area contributed by atoms with Crippen LogP contribution in [0.3, 0.4) is 0 Å². The van der Waals surface area contributed by atoms with Crippen molar-refractivity contribution in [3.63, 3.8) is 0 Å². The van der Waals surface area contributed by atoms with E-state index in [1.165, 1.54) is 5.56 Å². The Kier molecular flexibility index (Phi) is 5.59. The lowest BCUT2D eigenvalue weighted by molar-refractivity contribution is 0.318. The number of hydrogen-bond donors (Lipinski definition) is 2. The molecule has 0 aromatic heterocycles. The highest BCUT2D eigenvalue weighted by Crippen LogP contribution is 2.35. The Labute approximate surface area is 133 Å². The Morgan fingerprint density at radius 1 is 1.14 bits per heavy atom. The third kappa shape index (κ3) is 3.95. The quantitative estimate of drug-likeness (QED) is 0.283. The van der Waals surface area contributed by atoms with Gasteiger partial charge in [0, 0.05) is 20.2 Å². The average Bonchev–Trinajstić information content (AvgIpc) is 2.49. The summed E-state index contributed by atoms with van der Waals surface area (Å²) in [6.07, 6.45) is 0. The number of nitrogens with two attached hydrogens (primary N) is 1. The topological polar surface area (TPSA) is 58.6 Å². The maximum Gasteiger partial charge on any atom is 0.172 e. The molecule has 3 N–H and O–H groups in total. The Hall–Kier alpha value is -1.59. The smallest absolute Gasteiger partial charge is 0.172 e. The van der Waals surface area contributed by atoms with Crippen LogP contribution in [-0.4, -0.2) is 16.8 Å². The van der Waals surface area contributed by atoms with Crippen LogP contribution in [0.15, 0.2) is 62.3 Å². The van der Waals surface area contributed by atoms with Crippen molar-refractivity contribution in [2.75, 3.05) is 5.75 Å². The standard InChI is InChI=1S/C16H18N2OS2/c1-3-20-13-5-4-6-14(15(13)16(17)18-19)21-12-9-7-11(2)8-10-12/h4-10,19H,3H2,1-2H3,(H2,17,18). The van der Waals surface area contributed by atoms with Gasteiger partial charge in [-0.1, -0.05) is 47.6 Å². The van der Waals surface area contributed by atoms with Crippen molar-refractivity contribution in [3.05, 3.63) is 53.6 Å². The van der Waals surface area contributed by atoms with E-state index >= 15 is 0 Å². The summed E-state index contributed by atoms with van der Waals surface area (Å²) in [5.41, 5.74) is 7.91. The van der Waals surface area contributed by atoms with Crippen molar-refractivity contribution in [2.45, 2.75) is 28.5 Å². The van der Waals surface area contributed by atoms with Gasteiger partial charge in [-0.2, -0.15) is 0 Å². The molecule has 0 saturated heterocycles. The molecule has 5 heteroatoms. The lowest BCUT2D eigenvalue weighted by atomic mass is 10.2. The van der Waals surface area contributed by atoms with E-state index < -0.39 is 0 Å². The molecule has 0 radical (unpaired) electrons. The molecular weight excluding hydrogens is 300 g/mol. The fraction of sp³-hybridized carbons (Fsp3) is 0.188. The summed E-state index contributed by atoms with van der Waals surface area (Å²) in [6, 6.07) is 14.3. The molecule has 2 aromatic carbocycles. The second-order valence-corrected chi connectivity index (χ2v) is 6.88. The minimum atomic E-state index is 0.154. The zero-order chi connectivity index (χ0) is 15.2. The monoisotopic (exact) mass is 318 g/mol. The van der Waals surface area contributed by atoms with Gasteiger partial charge in [-0.15, -0.1) is 11.8 Å². The van der Waals surface area contributed by atoms with Crippen LogP contribution in [0.25, 0.3) is 0 Å². The second-order valence-electron chi connectivity index (χ2n) is 4.46. The zero-order valence-corrected chi connectivity index (χ0v) is 13.7. The molecule has 2 aromatic rings. The van der Waals surface area contributed by atoms with Crippen molar-refractivity contribution in [1.82, 2.24) is 0 Å². The molecule has 0 atom stereocenters. The first-order valence-corrected chi connectivity index (χ1v) is 8.44. The van der Waals surface area contributed by atoms with Crippen molar-refractivity contribution in [1.29, 1.82) is 0 Å². The fourth-order valence-electron chi connectivity index (χ4n) is 1.91. The summed E-state index contributed by atoms with van der Waals surface area (Å²) < 4.78 is 0. The summed E-state index contributed by atoms with van der Waals surface area (Å²) in [4.78, 5) is 3.16. The molecule has 0 amide bonds. The molecule has 0 fully saturated rings. The van der Waals surface area contributed by atoms with Crippen molar-refractivity contribution in [3.8, 4) is 0 Å². The number of rotatable bonds is 5. The van der Waals surface area contributed by atoms with Gasteiger partial charge in [-0.3, -0.25) is 0 Å². The number of amidine groups is 1. The van der Waals surface area contributed by atoms with E-state index in [2.05, 4.69) is 43.3 Å². The van der Waals surface area contributed by atoms with E-state index in [1.807, 2.05) is 18.2 Å². The van der Waals surface area contributed by atoms with E-state index in [0.717, 1.165) is 26.0 Å². The molecule has 21 heavy (non-hydrogen) atoms. The molecule has 0 spiro atoms. The zero-order valence-electron chi connectivity index (χ0n) is 12.0. The molecule has 110 valence electrons. The number of benzene rings is 2. The van der Waals surface area contributed by atoms with Gasteiger partial charge in [0.25, 0.3) is 0 Å². The van der Waals surface area contributed by atoms with E-state index in [4.69, 9.17) is 10.9 Å². The van der Waals surface area contributed by atoms with E-state index in [1.54, 1.807) is 23.5 Å². The highest BCUT2D eigenvalue weighted by atomic mass is 32.2. The second kappa shape index (κ2) is 7.43. The molecule has 0 saturated carbocycles. The summed E-state index contributed by atoms with van der Waals surface area (Å²) in [5.74, 6) is 1.09. The number of aryl methyl sites for hydroxylation is 1. The fourth-order valence-corrected chi connectivity index (χ4v) is 3.81. The minimum absolute atomic E-state index is 0.154. The third-order valence-corrected chi connectivity index (χ3v) is 4.91. The predicted octanol–water partition coefficient (Wildman–Crippen LogP) is 4.35. The average molecular weight is 318 g/mol. The molecular formula is C16H18N2OS2. The van der Waals surface area contributed by atoms with Crippen molar-refractivity contribution < 1.29 is 5.21 Å². The molecule has 0 unspecified atom stereocenters. The maximum atomic E-state index is 9.05. The van der Waals surface area contributed by atoms with Gasteiger partial charge in [-0.25, -0.2) is 0 Å². The largest absolute Gasteiger partial charge is 0.409 e. The van der Waals surface area contributed by atoms with Gasteiger partial charge in [0.05, 0.1) is 0 Å². The molecule has 0 aliphatic rings. The number of oxime groups is 1. The Morgan fingerprint density at radius 3 is 2.43 bits per heavy atom. The van der Waals surface area contributed by atoms with E-state index in [9.17, 15) is 0 Å². The Balaban J connectivity index is 2.42. The third-order valence-electron chi connectivity index (χ3n) is 2.90. The molecule has 0 heterocycles. The SMILES string of the molecule is CCSc1cccc(Sc2ccc(C)cc2)c1/C(N)=N/O. The highest BCUT2D eigenvalue weighted by Gasteiger charge is 2.14. The number of thioether (sulfide) groups is 1. The van der Waals surface area contributed by atoms with Crippen molar-refractivity contribution >= 4 is 29.4 Å². The van der Waals surface area contributed by atoms with Crippen LogP contribution in [0.2, 0.25) is 0 Å². The summed E-state index contributed by atoms with van der Waals surface area (Å²) in [5, 5.41) is 12.2. The lowest BCUT2D eigenvalue weighted by Gasteiger charge is -2.12. The minimum Gasteiger partial charge on any atom is -0.409 e. The van der Waals surface area contributed by atoms with Crippen LogP contribution in [-0.2, 0) is 0 Å². The van der Waals surface area contributed by atoms with Crippen LogP contribution in [0.5, 0.6) is 0 Å². The van der Waals surface area contributed by atoms with Gasteiger partial charge in [0.2, 0.25) is 0 Å². The summed E-state index contributed by atoms with van der Waals surface area (Å²) >= 11 is 3.31. The number of hydrogen-bond acceptors (Lipinski definition) is 4. The first kappa shape index (κ1) is 15.8. The van der Waals surface area contributed by atoms with Crippen molar-refractivity contribution in [2.24, 2.45) is 10.9 Å². The normalized spacial score (nSPS) is 11.6. The lowest BCUT2D eigenvalue weighted by Crippen LogP contribution is -2.15. The van der Waals surface area contributed by atoms with Crippen LogP contribution in [0.1, 0.15) is 18.1 Å². The Bertz CT molecular complexity index is 639. The predicted molar refractivity (Wildman–Crippen MR) is 90.7 cm³/mol. The van der Waals surface area contributed by atoms with Gasteiger partial charge in [0.15, 0.2) is 5.84 Å². The van der Waals surface area contributed by atoms with Gasteiger partial charge in [-0.05, 0) is 36.9 Å². The van der Waals surface area contributed by atoms with Gasteiger partial charge in [0.1, 0.15) is 0 Å². The first-order valence-electron chi connectivity index (χ1n) is 6.64. The van der Waals surface area contributed by atoms with E-state index in [0.29, 0.717) is 0 Å². The molecule has 0 aliphatic carbocycles. The molecule has 0 bridgehead atoms. The van der Waals surface area contributed by atoms with E-state index in [-0.39, 0.29) is 5.84 Å². The summed E-state index contributed by atoms with van der Waals surface area (Å²) in [7, 11) is 0. The Morgan fingerprint density at radius 2 is 1.81 bits per heavy atom. The molecule has 2 rings (SSSR count). The molecule has 0 aliphatic heterocycles. The van der Waals surface area contributed by atoms with Crippen LogP contribution >= 0.6 is 23.5 Å². The van der Waals surface area contributed by atoms with Gasteiger partial charge < -0.3 is 10.9 Å². The maximum absolute atomic E-state index is 9.05. The highest BCUT2D eigenvalue weighted by molar-refractivity contribution is 8.00.